The summed E-state index contributed by atoms with van der Waals surface area (Å²) in [6.45, 7) is 0.102. The lowest BCUT2D eigenvalue weighted by atomic mass is 9.81. The minimum atomic E-state index is -1.90. The van der Waals surface area contributed by atoms with Crippen LogP contribution in [0, 0.1) is 0 Å². The predicted octanol–water partition coefficient (Wildman–Crippen LogP) is 4.96. The van der Waals surface area contributed by atoms with Gasteiger partial charge in [-0.05, 0) is 59.5 Å². The molecule has 0 aromatic heterocycles. The second kappa shape index (κ2) is 10.9. The average molecular weight is 491 g/mol. The summed E-state index contributed by atoms with van der Waals surface area (Å²) in [5.41, 5.74) is 0.0730. The molecular formula is C25H24Cl2O6. The molecule has 0 saturated carbocycles. The van der Waals surface area contributed by atoms with E-state index in [2.05, 4.69) is 0 Å². The van der Waals surface area contributed by atoms with Crippen LogP contribution < -0.4 is 9.47 Å². The number of rotatable bonds is 10. The predicted molar refractivity (Wildman–Crippen MR) is 127 cm³/mol. The van der Waals surface area contributed by atoms with Crippen molar-refractivity contribution in [2.75, 3.05) is 20.8 Å². The maximum Gasteiger partial charge on any atom is 0.336 e. The zero-order chi connectivity index (χ0) is 24.0. The maximum absolute atomic E-state index is 12.0. The molecule has 33 heavy (non-hydrogen) atoms. The third-order valence-corrected chi connectivity index (χ3v) is 5.84. The summed E-state index contributed by atoms with van der Waals surface area (Å²) in [6.07, 6.45) is -1.47. The van der Waals surface area contributed by atoms with Crippen molar-refractivity contribution in [3.05, 3.63) is 93.5 Å². The molecule has 0 fully saturated rings. The number of hydrogen-bond donors (Lipinski definition) is 2. The third kappa shape index (κ3) is 5.42. The molecule has 3 rings (SSSR count). The molecule has 0 heterocycles. The molecule has 0 aliphatic rings. The van der Waals surface area contributed by atoms with Crippen LogP contribution in [0.1, 0.15) is 16.7 Å². The zero-order valence-electron chi connectivity index (χ0n) is 18.1. The molecule has 1 unspecified atom stereocenters. The molecule has 3 aromatic carbocycles. The molecule has 3 aromatic rings. The van der Waals surface area contributed by atoms with Crippen LogP contribution in [0.2, 0.25) is 10.0 Å². The summed E-state index contributed by atoms with van der Waals surface area (Å²) in [5, 5.41) is 21.6. The molecule has 0 saturated heterocycles. The molecule has 0 radical (unpaired) electrons. The minimum Gasteiger partial charge on any atom is -0.493 e. The molecule has 2 N–H and O–H groups in total. The van der Waals surface area contributed by atoms with Crippen LogP contribution >= 0.6 is 23.2 Å². The molecule has 1 atom stereocenters. The molecule has 6 nitrogen and oxygen atoms in total. The lowest BCUT2D eigenvalue weighted by molar-refractivity contribution is -0.167. The first kappa shape index (κ1) is 24.9. The van der Waals surface area contributed by atoms with Gasteiger partial charge in [0.1, 0.15) is 0 Å². The van der Waals surface area contributed by atoms with E-state index in [1.54, 1.807) is 68.8 Å². The fraction of sp³-hybridized carbons (Fsp3) is 0.240. The van der Waals surface area contributed by atoms with E-state index in [9.17, 15) is 15.0 Å². The van der Waals surface area contributed by atoms with Gasteiger partial charge in [-0.15, -0.1) is 0 Å². The molecular weight excluding hydrogens is 467 g/mol. The highest BCUT2D eigenvalue weighted by Gasteiger charge is 2.47. The summed E-state index contributed by atoms with van der Waals surface area (Å²) in [5.74, 6) is -0.256. The SMILES string of the molecule is COc1ccc(CCOC(c2ccc(Cl)cc2)(c2ccc(Cl)cc2)C(O)C(=O)O)cc1OC. The number of benzene rings is 3. The van der Waals surface area contributed by atoms with E-state index in [4.69, 9.17) is 37.4 Å². The van der Waals surface area contributed by atoms with Gasteiger partial charge in [-0.2, -0.15) is 0 Å². The van der Waals surface area contributed by atoms with Crippen LogP contribution in [0.25, 0.3) is 0 Å². The molecule has 0 bridgehead atoms. The zero-order valence-corrected chi connectivity index (χ0v) is 19.6. The maximum atomic E-state index is 12.0. The van der Waals surface area contributed by atoms with Gasteiger partial charge in [0.2, 0.25) is 0 Å². The highest BCUT2D eigenvalue weighted by atomic mass is 35.5. The highest BCUT2D eigenvalue weighted by molar-refractivity contribution is 6.30. The number of hydrogen-bond acceptors (Lipinski definition) is 5. The number of ether oxygens (including phenoxy) is 3. The second-order valence-corrected chi connectivity index (χ2v) is 8.15. The molecule has 0 aliphatic heterocycles. The van der Waals surface area contributed by atoms with E-state index in [-0.39, 0.29) is 6.61 Å². The number of methoxy groups -OCH3 is 2. The fourth-order valence-electron chi connectivity index (χ4n) is 3.66. The van der Waals surface area contributed by atoms with E-state index < -0.39 is 17.7 Å². The average Bonchev–Trinajstić information content (AvgIpc) is 2.82. The van der Waals surface area contributed by atoms with Crippen LogP contribution in [0.3, 0.4) is 0 Å². The Balaban J connectivity index is 2.01. The first-order valence-corrected chi connectivity index (χ1v) is 10.8. The van der Waals surface area contributed by atoms with Gasteiger partial charge in [0.25, 0.3) is 0 Å². The van der Waals surface area contributed by atoms with Gasteiger partial charge in [0.05, 0.1) is 20.8 Å². The van der Waals surface area contributed by atoms with E-state index in [0.717, 1.165) is 5.56 Å². The van der Waals surface area contributed by atoms with Gasteiger partial charge >= 0.3 is 5.97 Å². The lowest BCUT2D eigenvalue weighted by Crippen LogP contribution is -2.48. The number of carboxylic acid groups (broad SMARTS) is 1. The Morgan fingerprint density at radius 3 is 1.85 bits per heavy atom. The molecule has 0 spiro atoms. The Bertz CT molecular complexity index is 1040. The van der Waals surface area contributed by atoms with Crippen molar-refractivity contribution in [2.24, 2.45) is 0 Å². The largest absolute Gasteiger partial charge is 0.493 e. The van der Waals surface area contributed by atoms with Crippen LogP contribution in [0.5, 0.6) is 11.5 Å². The van der Waals surface area contributed by atoms with Gasteiger partial charge in [0, 0.05) is 10.0 Å². The number of halogens is 2. The summed E-state index contributed by atoms with van der Waals surface area (Å²) in [6, 6.07) is 18.5. The van der Waals surface area contributed by atoms with Crippen LogP contribution in [-0.4, -0.2) is 43.1 Å². The summed E-state index contributed by atoms with van der Waals surface area (Å²) < 4.78 is 16.9. The van der Waals surface area contributed by atoms with Crippen molar-refractivity contribution in [1.82, 2.24) is 0 Å². The van der Waals surface area contributed by atoms with E-state index in [1.165, 1.54) is 0 Å². The number of aliphatic hydroxyl groups excluding tert-OH is 1. The van der Waals surface area contributed by atoms with Gasteiger partial charge in [0.15, 0.2) is 23.2 Å². The first-order chi connectivity index (χ1) is 15.8. The second-order valence-electron chi connectivity index (χ2n) is 7.28. The normalized spacial score (nSPS) is 12.3. The Kier molecular flexibility index (Phi) is 8.21. The summed E-state index contributed by atoms with van der Waals surface area (Å²) in [4.78, 5) is 12.0. The lowest BCUT2D eigenvalue weighted by Gasteiger charge is -2.37. The van der Waals surface area contributed by atoms with Gasteiger partial charge in [-0.3, -0.25) is 0 Å². The number of aliphatic hydroxyl groups is 1. The topological polar surface area (TPSA) is 85.2 Å². The smallest absolute Gasteiger partial charge is 0.336 e. The Labute approximate surface area is 202 Å². The van der Waals surface area contributed by atoms with Gasteiger partial charge in [-0.1, -0.05) is 53.5 Å². The quantitative estimate of drug-likeness (QED) is 0.417. The molecule has 8 heteroatoms. The van der Waals surface area contributed by atoms with Crippen molar-refractivity contribution in [3.63, 3.8) is 0 Å². The molecule has 0 aliphatic carbocycles. The van der Waals surface area contributed by atoms with E-state index in [1.807, 2.05) is 12.1 Å². The first-order valence-electron chi connectivity index (χ1n) is 10.1. The van der Waals surface area contributed by atoms with Crippen molar-refractivity contribution in [3.8, 4) is 11.5 Å². The number of aliphatic carboxylic acids is 1. The number of carboxylic acids is 1. The Hall–Kier alpha value is -2.77. The monoisotopic (exact) mass is 490 g/mol. The van der Waals surface area contributed by atoms with Crippen molar-refractivity contribution in [2.45, 2.75) is 18.1 Å². The molecule has 174 valence electrons. The summed E-state index contributed by atoms with van der Waals surface area (Å²) >= 11 is 12.1. The minimum absolute atomic E-state index is 0.102. The van der Waals surface area contributed by atoms with Gasteiger partial charge < -0.3 is 24.4 Å². The van der Waals surface area contributed by atoms with E-state index >= 15 is 0 Å². The van der Waals surface area contributed by atoms with Crippen molar-refractivity contribution in [1.29, 1.82) is 0 Å². The van der Waals surface area contributed by atoms with Crippen LogP contribution in [0.4, 0.5) is 0 Å². The van der Waals surface area contributed by atoms with Crippen LogP contribution in [-0.2, 0) is 21.6 Å². The molecule has 0 amide bonds. The number of carbonyl (C=O) groups is 1. The highest BCUT2D eigenvalue weighted by Crippen LogP contribution is 2.39. The van der Waals surface area contributed by atoms with Crippen molar-refractivity contribution >= 4 is 29.2 Å². The standard InChI is InChI=1S/C25H24Cl2O6/c1-31-21-12-3-16(15-22(21)32-2)13-14-33-25(23(28)24(29)30,17-4-8-19(26)9-5-17)18-6-10-20(27)11-7-18/h3-12,15,23,28H,13-14H2,1-2H3,(H,29,30). The Morgan fingerprint density at radius 1 is 0.879 bits per heavy atom. The third-order valence-electron chi connectivity index (χ3n) is 5.33. The van der Waals surface area contributed by atoms with Crippen molar-refractivity contribution < 1.29 is 29.2 Å². The van der Waals surface area contributed by atoms with Crippen LogP contribution in [0.15, 0.2) is 66.7 Å². The summed E-state index contributed by atoms with van der Waals surface area (Å²) in [7, 11) is 3.11. The fourth-order valence-corrected chi connectivity index (χ4v) is 3.91. The van der Waals surface area contributed by atoms with E-state index in [0.29, 0.717) is 39.1 Å². The Morgan fingerprint density at radius 2 is 1.39 bits per heavy atom. The van der Waals surface area contributed by atoms with Gasteiger partial charge in [-0.25, -0.2) is 4.79 Å².